The van der Waals surface area contributed by atoms with Crippen LogP contribution in [0, 0.1) is 5.92 Å². The van der Waals surface area contributed by atoms with Crippen molar-refractivity contribution >= 4 is 12.0 Å². The average molecular weight is 284 g/mol. The van der Waals surface area contributed by atoms with Crippen molar-refractivity contribution in [3.05, 3.63) is 0 Å². The van der Waals surface area contributed by atoms with E-state index in [1.165, 1.54) is 0 Å². The first-order chi connectivity index (χ1) is 9.46. The third-order valence-corrected chi connectivity index (χ3v) is 4.65. The van der Waals surface area contributed by atoms with E-state index in [1.807, 2.05) is 0 Å². The van der Waals surface area contributed by atoms with Gasteiger partial charge in [0.05, 0.1) is 18.1 Å². The SMILES string of the molecule is COC1CN(C(=O)NC2(CC(=O)O)CCC2)CCC1C. The zero-order valence-electron chi connectivity index (χ0n) is 12.2. The van der Waals surface area contributed by atoms with Crippen LogP contribution in [-0.4, -0.2) is 53.8 Å². The first-order valence-electron chi connectivity index (χ1n) is 7.27. The Bertz CT molecular complexity index is 381. The highest BCUT2D eigenvalue weighted by atomic mass is 16.5. The molecule has 2 rings (SSSR count). The Kier molecular flexibility index (Phi) is 4.52. The summed E-state index contributed by atoms with van der Waals surface area (Å²) < 4.78 is 5.40. The molecule has 1 saturated carbocycles. The number of carboxylic acid groups (broad SMARTS) is 1. The first kappa shape index (κ1) is 15.1. The molecule has 6 nitrogen and oxygen atoms in total. The lowest BCUT2D eigenvalue weighted by Crippen LogP contribution is -2.60. The largest absolute Gasteiger partial charge is 0.481 e. The van der Waals surface area contributed by atoms with Crippen LogP contribution < -0.4 is 5.32 Å². The molecule has 0 aromatic heterocycles. The number of carbonyl (C=O) groups is 2. The molecule has 0 bridgehead atoms. The standard InChI is InChI=1S/C14H24N2O4/c1-10-4-7-16(9-11(10)20-2)13(19)15-14(5-3-6-14)8-12(17)18/h10-11H,3-9H2,1-2H3,(H,15,19)(H,17,18). The summed E-state index contributed by atoms with van der Waals surface area (Å²) in [4.78, 5) is 25.0. The van der Waals surface area contributed by atoms with E-state index in [1.54, 1.807) is 12.0 Å². The number of aliphatic carboxylic acids is 1. The maximum atomic E-state index is 12.3. The number of likely N-dealkylation sites (tertiary alicyclic amines) is 1. The molecule has 1 aliphatic carbocycles. The molecular formula is C14H24N2O4. The Hall–Kier alpha value is -1.30. The van der Waals surface area contributed by atoms with E-state index in [0.717, 1.165) is 25.7 Å². The maximum absolute atomic E-state index is 12.3. The smallest absolute Gasteiger partial charge is 0.317 e. The van der Waals surface area contributed by atoms with Crippen molar-refractivity contribution in [2.24, 2.45) is 5.92 Å². The van der Waals surface area contributed by atoms with Crippen LogP contribution in [0.4, 0.5) is 4.79 Å². The molecule has 2 fully saturated rings. The van der Waals surface area contributed by atoms with Crippen molar-refractivity contribution < 1.29 is 19.4 Å². The number of rotatable bonds is 4. The van der Waals surface area contributed by atoms with Gasteiger partial charge < -0.3 is 20.1 Å². The zero-order chi connectivity index (χ0) is 14.8. The Morgan fingerprint density at radius 1 is 1.45 bits per heavy atom. The summed E-state index contributed by atoms with van der Waals surface area (Å²) in [6, 6.07) is -0.153. The molecule has 6 heteroatoms. The lowest BCUT2D eigenvalue weighted by atomic mass is 9.74. The van der Waals surface area contributed by atoms with Crippen LogP contribution in [0.2, 0.25) is 0 Å². The molecule has 2 unspecified atom stereocenters. The second-order valence-corrected chi connectivity index (χ2v) is 6.12. The second kappa shape index (κ2) is 5.99. The van der Waals surface area contributed by atoms with Gasteiger partial charge in [-0.1, -0.05) is 6.92 Å². The van der Waals surface area contributed by atoms with Crippen molar-refractivity contribution in [1.29, 1.82) is 0 Å². The molecule has 1 aliphatic heterocycles. The number of piperidine rings is 1. The molecule has 0 radical (unpaired) electrons. The zero-order valence-corrected chi connectivity index (χ0v) is 12.2. The van der Waals surface area contributed by atoms with Gasteiger partial charge in [0.15, 0.2) is 0 Å². The first-order valence-corrected chi connectivity index (χ1v) is 7.27. The van der Waals surface area contributed by atoms with Crippen LogP contribution in [0.1, 0.15) is 39.0 Å². The molecule has 2 atom stereocenters. The summed E-state index contributed by atoms with van der Waals surface area (Å²) in [5, 5.41) is 11.9. The van der Waals surface area contributed by atoms with Crippen molar-refractivity contribution in [3.8, 4) is 0 Å². The number of carbonyl (C=O) groups excluding carboxylic acids is 1. The minimum absolute atomic E-state index is 0.0106. The predicted molar refractivity (Wildman–Crippen MR) is 73.5 cm³/mol. The number of hydrogen-bond acceptors (Lipinski definition) is 3. The summed E-state index contributed by atoms with van der Waals surface area (Å²) >= 11 is 0. The minimum atomic E-state index is -0.855. The second-order valence-electron chi connectivity index (χ2n) is 6.12. The molecule has 20 heavy (non-hydrogen) atoms. The fraction of sp³-hybridized carbons (Fsp3) is 0.857. The lowest BCUT2D eigenvalue weighted by Gasteiger charge is -2.44. The molecule has 0 aromatic rings. The topological polar surface area (TPSA) is 78.9 Å². The average Bonchev–Trinajstić information content (AvgIpc) is 2.36. The lowest BCUT2D eigenvalue weighted by molar-refractivity contribution is -0.139. The van der Waals surface area contributed by atoms with E-state index in [0.29, 0.717) is 19.0 Å². The molecule has 2 N–H and O–H groups in total. The number of amides is 2. The molecule has 0 aromatic carbocycles. The molecule has 2 amide bonds. The molecule has 0 spiro atoms. The third kappa shape index (κ3) is 3.23. The van der Waals surface area contributed by atoms with Crippen molar-refractivity contribution in [2.45, 2.75) is 50.7 Å². The number of carboxylic acids is 1. The fourth-order valence-electron chi connectivity index (χ4n) is 3.07. The fourth-order valence-corrected chi connectivity index (χ4v) is 3.07. The van der Waals surface area contributed by atoms with Crippen molar-refractivity contribution in [1.82, 2.24) is 10.2 Å². The number of methoxy groups -OCH3 is 1. The van der Waals surface area contributed by atoms with Crippen LogP contribution in [0.5, 0.6) is 0 Å². The van der Waals surface area contributed by atoms with E-state index in [4.69, 9.17) is 9.84 Å². The van der Waals surface area contributed by atoms with Gasteiger partial charge in [0.25, 0.3) is 0 Å². The highest BCUT2D eigenvalue weighted by Gasteiger charge is 2.42. The molecular weight excluding hydrogens is 260 g/mol. The number of ether oxygens (including phenoxy) is 1. The van der Waals surface area contributed by atoms with E-state index >= 15 is 0 Å². The summed E-state index contributed by atoms with van der Waals surface area (Å²) in [6.07, 6.45) is 3.47. The van der Waals surface area contributed by atoms with Gasteiger partial charge in [0, 0.05) is 20.2 Å². The van der Waals surface area contributed by atoms with Crippen LogP contribution in [0.15, 0.2) is 0 Å². The molecule has 2 aliphatic rings. The summed E-state index contributed by atoms with van der Waals surface area (Å²) in [7, 11) is 1.67. The summed E-state index contributed by atoms with van der Waals surface area (Å²) in [5.41, 5.74) is -0.533. The van der Waals surface area contributed by atoms with Crippen molar-refractivity contribution in [3.63, 3.8) is 0 Å². The third-order valence-electron chi connectivity index (χ3n) is 4.65. The molecule has 1 heterocycles. The van der Waals surface area contributed by atoms with Gasteiger partial charge in [0.1, 0.15) is 0 Å². The van der Waals surface area contributed by atoms with E-state index in [9.17, 15) is 9.59 Å². The van der Waals surface area contributed by atoms with Gasteiger partial charge in [-0.2, -0.15) is 0 Å². The monoisotopic (exact) mass is 284 g/mol. The van der Waals surface area contributed by atoms with Crippen LogP contribution in [0.3, 0.4) is 0 Å². The quantitative estimate of drug-likeness (QED) is 0.819. The van der Waals surface area contributed by atoms with Crippen LogP contribution in [-0.2, 0) is 9.53 Å². The van der Waals surface area contributed by atoms with Crippen molar-refractivity contribution in [2.75, 3.05) is 20.2 Å². The molecule has 1 saturated heterocycles. The highest BCUT2D eigenvalue weighted by molar-refractivity contribution is 5.77. The van der Waals surface area contributed by atoms with Crippen LogP contribution in [0.25, 0.3) is 0 Å². The summed E-state index contributed by atoms with van der Waals surface area (Å²) in [6.45, 7) is 3.41. The number of urea groups is 1. The predicted octanol–water partition coefficient (Wildman–Crippen LogP) is 1.45. The Morgan fingerprint density at radius 2 is 2.15 bits per heavy atom. The Morgan fingerprint density at radius 3 is 2.65 bits per heavy atom. The Labute approximate surface area is 119 Å². The van der Waals surface area contributed by atoms with E-state index in [2.05, 4.69) is 12.2 Å². The normalized spacial score (nSPS) is 28.6. The van der Waals surface area contributed by atoms with Gasteiger partial charge in [0.2, 0.25) is 0 Å². The van der Waals surface area contributed by atoms with Gasteiger partial charge >= 0.3 is 12.0 Å². The minimum Gasteiger partial charge on any atom is -0.481 e. The van der Waals surface area contributed by atoms with Gasteiger partial charge in [-0.15, -0.1) is 0 Å². The van der Waals surface area contributed by atoms with Crippen LogP contribution >= 0.6 is 0 Å². The number of hydrogen-bond donors (Lipinski definition) is 2. The van der Waals surface area contributed by atoms with Gasteiger partial charge in [-0.05, 0) is 31.6 Å². The van der Waals surface area contributed by atoms with E-state index in [-0.39, 0.29) is 18.6 Å². The number of nitrogens with zero attached hydrogens (tertiary/aromatic N) is 1. The molecule has 114 valence electrons. The van der Waals surface area contributed by atoms with Gasteiger partial charge in [-0.3, -0.25) is 4.79 Å². The number of nitrogens with one attached hydrogen (secondary N) is 1. The van der Waals surface area contributed by atoms with Gasteiger partial charge in [-0.25, -0.2) is 4.79 Å². The summed E-state index contributed by atoms with van der Waals surface area (Å²) in [5.74, 6) is -0.409. The van der Waals surface area contributed by atoms with E-state index < -0.39 is 11.5 Å². The highest BCUT2D eigenvalue weighted by Crippen LogP contribution is 2.35. The maximum Gasteiger partial charge on any atom is 0.317 e. The Balaban J connectivity index is 1.92.